The van der Waals surface area contributed by atoms with Crippen molar-refractivity contribution in [3.8, 4) is 0 Å². The lowest BCUT2D eigenvalue weighted by Crippen LogP contribution is -2.87. The Morgan fingerprint density at radius 3 is 1.43 bits per heavy atom. The van der Waals surface area contributed by atoms with Gasteiger partial charge in [-0.1, -0.05) is 0 Å². The van der Waals surface area contributed by atoms with E-state index in [2.05, 4.69) is 0 Å². The monoisotopic (exact) mass is 404 g/mol. The molecule has 0 aliphatic carbocycles. The lowest BCUT2D eigenvalue weighted by Gasteiger charge is -2.65. The molecule has 0 radical (unpaired) electrons. The van der Waals surface area contributed by atoms with Crippen molar-refractivity contribution in [2.45, 2.75) is 83.6 Å². The maximum Gasteiger partial charge on any atom is 0.342 e. The summed E-state index contributed by atoms with van der Waals surface area (Å²) >= 11 is 0. The predicted molar refractivity (Wildman–Crippen MR) is 92.6 cm³/mol. The molecule has 0 saturated carbocycles. The molecule has 0 unspecified atom stereocenters. The first-order valence-corrected chi connectivity index (χ1v) is 8.54. The van der Waals surface area contributed by atoms with E-state index in [-0.39, 0.29) is 0 Å². The van der Waals surface area contributed by atoms with Crippen LogP contribution in [0.5, 0.6) is 0 Å². The Bertz CT molecular complexity index is 700. The summed E-state index contributed by atoms with van der Waals surface area (Å²) < 4.78 is 26.8. The van der Waals surface area contributed by atoms with Crippen molar-refractivity contribution in [2.24, 2.45) is 0 Å². The Labute approximate surface area is 163 Å². The van der Waals surface area contributed by atoms with Gasteiger partial charge < -0.3 is 28.8 Å². The fourth-order valence-corrected chi connectivity index (χ4v) is 3.82. The van der Waals surface area contributed by atoms with Crippen LogP contribution in [0.15, 0.2) is 0 Å². The highest BCUT2D eigenvalue weighted by molar-refractivity contribution is 5.83. The van der Waals surface area contributed by atoms with Gasteiger partial charge in [0, 0.05) is 20.8 Å². The molecule has 1 aliphatic heterocycles. The van der Waals surface area contributed by atoms with Gasteiger partial charge in [0.1, 0.15) is 0 Å². The summed E-state index contributed by atoms with van der Waals surface area (Å²) in [5, 5.41) is 11.1. The summed E-state index contributed by atoms with van der Waals surface area (Å²) in [7, 11) is 1.07. The van der Waals surface area contributed by atoms with Gasteiger partial charge in [0.05, 0.1) is 7.11 Å². The third-order valence-corrected chi connectivity index (χ3v) is 5.64. The lowest BCUT2D eigenvalue weighted by atomic mass is 9.60. The number of aliphatic hydroxyl groups is 1. The van der Waals surface area contributed by atoms with Crippen LogP contribution >= 0.6 is 0 Å². The van der Waals surface area contributed by atoms with Crippen LogP contribution in [0.2, 0.25) is 0 Å². The molecule has 28 heavy (non-hydrogen) atoms. The number of hydrogen-bond donors (Lipinski definition) is 1. The van der Waals surface area contributed by atoms with Crippen molar-refractivity contribution in [1.82, 2.24) is 0 Å². The van der Waals surface area contributed by atoms with Gasteiger partial charge in [0.15, 0.2) is 11.2 Å². The van der Waals surface area contributed by atoms with Crippen molar-refractivity contribution in [1.29, 1.82) is 0 Å². The second-order valence-electron chi connectivity index (χ2n) is 7.49. The molecule has 1 saturated heterocycles. The summed E-state index contributed by atoms with van der Waals surface area (Å²) in [5.41, 5.74) is -8.43. The predicted octanol–water partition coefficient (Wildman–Crippen LogP) is 0.622. The first-order valence-electron chi connectivity index (χ1n) is 8.54. The van der Waals surface area contributed by atoms with Crippen LogP contribution in [0.1, 0.15) is 55.4 Å². The van der Waals surface area contributed by atoms with E-state index < -0.39 is 52.1 Å². The second kappa shape index (κ2) is 7.00. The quantitative estimate of drug-likeness (QED) is 0.525. The van der Waals surface area contributed by atoms with Gasteiger partial charge in [-0.15, -0.1) is 0 Å². The fraction of sp³-hybridized carbons (Fsp3) is 0.778. The summed E-state index contributed by atoms with van der Waals surface area (Å²) in [6.45, 7) is 9.37. The molecule has 0 aromatic carbocycles. The van der Waals surface area contributed by atoms with Gasteiger partial charge in [0.2, 0.25) is 17.0 Å². The number of esters is 4. The first kappa shape index (κ1) is 23.8. The lowest BCUT2D eigenvalue weighted by molar-refractivity contribution is -0.437. The minimum Gasteiger partial charge on any atom is -0.467 e. The molecule has 0 aromatic rings. The van der Waals surface area contributed by atoms with Crippen LogP contribution in [0, 0.1) is 0 Å². The average Bonchev–Trinajstić information content (AvgIpc) is 2.49. The highest BCUT2D eigenvalue weighted by Gasteiger charge is 2.82. The normalized spacial score (nSPS) is 40.2. The highest BCUT2D eigenvalue weighted by atomic mass is 16.7. The molecule has 0 bridgehead atoms. The molecule has 5 atom stereocenters. The molecule has 10 heteroatoms. The number of carbonyl (C=O) groups is 4. The second-order valence-corrected chi connectivity index (χ2v) is 7.49. The van der Waals surface area contributed by atoms with Crippen molar-refractivity contribution < 1.29 is 48.0 Å². The van der Waals surface area contributed by atoms with Gasteiger partial charge in [-0.25, -0.2) is 4.79 Å². The molecule has 1 aliphatic rings. The van der Waals surface area contributed by atoms with Crippen molar-refractivity contribution in [3.63, 3.8) is 0 Å². The Balaban J connectivity index is 4.02. The van der Waals surface area contributed by atoms with E-state index in [1.807, 2.05) is 0 Å². The summed E-state index contributed by atoms with van der Waals surface area (Å²) in [5.74, 6) is -5.90. The Morgan fingerprint density at radius 1 is 0.714 bits per heavy atom. The zero-order valence-electron chi connectivity index (χ0n) is 17.6. The molecule has 0 aromatic heterocycles. The van der Waals surface area contributed by atoms with Gasteiger partial charge in [0.25, 0.3) is 0 Å². The van der Waals surface area contributed by atoms with E-state index in [9.17, 15) is 24.3 Å². The van der Waals surface area contributed by atoms with Crippen LogP contribution in [-0.2, 0) is 42.9 Å². The van der Waals surface area contributed by atoms with Gasteiger partial charge in [-0.3, -0.25) is 14.4 Å². The van der Waals surface area contributed by atoms with E-state index in [4.69, 9.17) is 23.7 Å². The molecular formula is C18H28O10. The van der Waals surface area contributed by atoms with E-state index in [0.717, 1.165) is 34.8 Å². The van der Waals surface area contributed by atoms with E-state index >= 15 is 0 Å². The smallest absolute Gasteiger partial charge is 0.342 e. The third-order valence-electron chi connectivity index (χ3n) is 5.64. The number of ether oxygens (including phenoxy) is 5. The van der Waals surface area contributed by atoms with Crippen LogP contribution in [0.25, 0.3) is 0 Å². The van der Waals surface area contributed by atoms with Crippen LogP contribution in [0.4, 0.5) is 0 Å². The topological polar surface area (TPSA) is 135 Å². The Morgan fingerprint density at radius 2 is 1.07 bits per heavy atom. The highest BCUT2D eigenvalue weighted by Crippen LogP contribution is 2.58. The molecule has 0 spiro atoms. The zero-order chi connectivity index (χ0) is 22.3. The minimum atomic E-state index is -2.37. The van der Waals surface area contributed by atoms with Crippen molar-refractivity contribution in [2.75, 3.05) is 7.11 Å². The molecule has 10 nitrogen and oxygen atoms in total. The van der Waals surface area contributed by atoms with E-state index in [1.165, 1.54) is 27.7 Å². The molecule has 160 valence electrons. The third kappa shape index (κ3) is 3.14. The summed E-state index contributed by atoms with van der Waals surface area (Å²) in [4.78, 5) is 48.4. The number of carbonyl (C=O) groups excluding carboxylic acids is 4. The van der Waals surface area contributed by atoms with Gasteiger partial charge in [-0.2, -0.15) is 0 Å². The Hall–Kier alpha value is -2.20. The molecule has 1 N–H and O–H groups in total. The van der Waals surface area contributed by atoms with Crippen LogP contribution < -0.4 is 0 Å². The van der Waals surface area contributed by atoms with Crippen LogP contribution in [0.3, 0.4) is 0 Å². The van der Waals surface area contributed by atoms with E-state index in [1.54, 1.807) is 0 Å². The van der Waals surface area contributed by atoms with Crippen molar-refractivity contribution >= 4 is 23.9 Å². The van der Waals surface area contributed by atoms with Gasteiger partial charge in [-0.05, 0) is 34.6 Å². The summed E-state index contributed by atoms with van der Waals surface area (Å²) in [6, 6.07) is 0. The number of hydrogen-bond acceptors (Lipinski definition) is 10. The van der Waals surface area contributed by atoms with Crippen molar-refractivity contribution in [3.05, 3.63) is 0 Å². The largest absolute Gasteiger partial charge is 0.467 e. The van der Waals surface area contributed by atoms with Gasteiger partial charge >= 0.3 is 23.9 Å². The average molecular weight is 404 g/mol. The number of rotatable bonds is 4. The molecule has 0 amide bonds. The molecular weight excluding hydrogens is 376 g/mol. The molecule has 1 rings (SSSR count). The maximum absolute atomic E-state index is 12.7. The standard InChI is InChI=1S/C18H28O10/c1-10(19)25-15(5)14(4,13(22)24-9)28-18(8,23)17(7,27-12(3)21)16(15,6)26-11(2)20/h23H,1-9H3/t14-,15+,16+,17+,18-/m1/s1. The SMILES string of the molecule is COC(=O)[C@@]1(C)O[C@@](C)(O)[C@@](C)(OC(C)=O)[C@@](C)(OC(C)=O)[C@@]1(C)OC(C)=O. The fourth-order valence-electron chi connectivity index (χ4n) is 3.82. The zero-order valence-corrected chi connectivity index (χ0v) is 17.6. The minimum absolute atomic E-state index is 0.836. The molecule has 1 heterocycles. The molecule has 1 fully saturated rings. The Kier molecular flexibility index (Phi) is 5.96. The maximum atomic E-state index is 12.7. The van der Waals surface area contributed by atoms with Crippen LogP contribution in [-0.4, -0.2) is 64.3 Å². The first-order chi connectivity index (χ1) is 12.4. The number of methoxy groups -OCH3 is 1. The summed E-state index contributed by atoms with van der Waals surface area (Å²) in [6.07, 6.45) is 0. The van der Waals surface area contributed by atoms with E-state index in [0.29, 0.717) is 0 Å².